The molecule has 0 N–H and O–H groups in total. The molecule has 5 nitrogen and oxygen atoms in total. The lowest BCUT2D eigenvalue weighted by molar-refractivity contribution is 0.0328. The van der Waals surface area contributed by atoms with E-state index < -0.39 is 11.8 Å². The van der Waals surface area contributed by atoms with E-state index in [2.05, 4.69) is 15.1 Å². The van der Waals surface area contributed by atoms with Crippen LogP contribution in [0, 0.1) is 0 Å². The molecule has 0 spiro atoms. The van der Waals surface area contributed by atoms with Gasteiger partial charge in [-0.05, 0) is 25.0 Å². The van der Waals surface area contributed by atoms with Gasteiger partial charge in [-0.2, -0.15) is 4.98 Å². The molecule has 0 bridgehead atoms. The average molecular weight is 304 g/mol. The molecule has 22 heavy (non-hydrogen) atoms. The second-order valence-corrected chi connectivity index (χ2v) is 5.66. The number of imidazole rings is 1. The van der Waals surface area contributed by atoms with Crippen molar-refractivity contribution in [2.24, 2.45) is 0 Å². The van der Waals surface area contributed by atoms with Gasteiger partial charge in [-0.3, -0.25) is 4.40 Å². The summed E-state index contributed by atoms with van der Waals surface area (Å²) >= 11 is 0. The molecule has 0 atom stereocenters. The highest BCUT2D eigenvalue weighted by Gasteiger charge is 2.48. The molecule has 7 heteroatoms. The van der Waals surface area contributed by atoms with Gasteiger partial charge in [0.05, 0.1) is 6.20 Å². The molecular weight excluding hydrogens is 290 g/mol. The van der Waals surface area contributed by atoms with E-state index in [9.17, 15) is 8.78 Å². The fraction of sp³-hybridized carbons (Fsp3) is 0.400. The normalized spacial score (nSPS) is 17.6. The number of aromatic nitrogens is 4. The number of pyridine rings is 1. The predicted octanol–water partition coefficient (Wildman–Crippen LogP) is 3.46. The molecule has 1 aliphatic carbocycles. The Balaban J connectivity index is 1.78. The summed E-state index contributed by atoms with van der Waals surface area (Å²) in [7, 11) is 0. The van der Waals surface area contributed by atoms with Crippen molar-refractivity contribution in [1.29, 1.82) is 0 Å². The van der Waals surface area contributed by atoms with Gasteiger partial charge in [0.25, 0.3) is 6.43 Å². The molecule has 0 radical (unpaired) electrons. The minimum Gasteiger partial charge on any atom is -0.338 e. The third kappa shape index (κ3) is 1.84. The van der Waals surface area contributed by atoms with Crippen molar-refractivity contribution in [1.82, 2.24) is 19.5 Å². The monoisotopic (exact) mass is 304 g/mol. The van der Waals surface area contributed by atoms with Gasteiger partial charge in [0.15, 0.2) is 0 Å². The number of hydrogen-bond donors (Lipinski definition) is 0. The number of rotatable bonds is 3. The Bertz CT molecular complexity index is 805. The molecule has 0 aromatic carbocycles. The molecule has 114 valence electrons. The smallest absolute Gasteiger partial charge is 0.252 e. The van der Waals surface area contributed by atoms with E-state index >= 15 is 0 Å². The first-order valence-electron chi connectivity index (χ1n) is 7.25. The van der Waals surface area contributed by atoms with E-state index in [4.69, 9.17) is 4.52 Å². The highest BCUT2D eigenvalue weighted by molar-refractivity contribution is 5.56. The maximum Gasteiger partial charge on any atom is 0.252 e. The molecule has 4 rings (SSSR count). The van der Waals surface area contributed by atoms with Crippen molar-refractivity contribution in [3.8, 4) is 11.5 Å². The van der Waals surface area contributed by atoms with Gasteiger partial charge in [0.1, 0.15) is 16.8 Å². The summed E-state index contributed by atoms with van der Waals surface area (Å²) in [6.07, 6.45) is 3.25. The minimum absolute atomic E-state index is 0.0425. The number of nitrogens with zero attached hydrogens (tertiary/aromatic N) is 4. The first-order chi connectivity index (χ1) is 10.7. The molecule has 3 heterocycles. The van der Waals surface area contributed by atoms with E-state index in [1.54, 1.807) is 10.6 Å². The summed E-state index contributed by atoms with van der Waals surface area (Å²) in [5.74, 6) is 0.335. The van der Waals surface area contributed by atoms with Gasteiger partial charge in [-0.15, -0.1) is 0 Å². The quantitative estimate of drug-likeness (QED) is 0.743. The van der Waals surface area contributed by atoms with E-state index in [1.165, 1.54) is 0 Å². The lowest BCUT2D eigenvalue weighted by atomic mass is 9.86. The molecule has 3 aromatic heterocycles. The van der Waals surface area contributed by atoms with Crippen LogP contribution in [0.1, 0.15) is 31.6 Å². The van der Waals surface area contributed by atoms with Crippen LogP contribution in [0.25, 0.3) is 17.2 Å². The summed E-state index contributed by atoms with van der Waals surface area (Å²) in [5.41, 5.74) is 0.0902. The third-order valence-electron chi connectivity index (χ3n) is 4.41. The third-order valence-corrected chi connectivity index (χ3v) is 4.41. The molecular formula is C15H14F2N4O. The summed E-state index contributed by atoms with van der Waals surface area (Å²) in [4.78, 5) is 8.51. The number of fused-ring (bicyclic) bond motifs is 1. The molecule has 3 aromatic rings. The second kappa shape index (κ2) is 4.86. The molecule has 0 unspecified atom stereocenters. The fourth-order valence-electron chi connectivity index (χ4n) is 3.16. The van der Waals surface area contributed by atoms with Crippen LogP contribution in [-0.2, 0) is 5.41 Å². The van der Waals surface area contributed by atoms with Gasteiger partial charge in [-0.1, -0.05) is 24.1 Å². The van der Waals surface area contributed by atoms with Crippen molar-refractivity contribution in [2.45, 2.75) is 37.5 Å². The summed E-state index contributed by atoms with van der Waals surface area (Å²) in [6, 6.07) is 5.58. The molecule has 1 saturated carbocycles. The zero-order valence-corrected chi connectivity index (χ0v) is 11.7. The van der Waals surface area contributed by atoms with Crippen molar-refractivity contribution in [3.63, 3.8) is 0 Å². The Hall–Kier alpha value is -2.31. The SMILES string of the molecule is FC(F)C1(c2nc(-c3cnc4ccccn34)no2)CCCC1. The highest BCUT2D eigenvalue weighted by atomic mass is 19.3. The molecule has 1 fully saturated rings. The van der Waals surface area contributed by atoms with Gasteiger partial charge >= 0.3 is 0 Å². The van der Waals surface area contributed by atoms with Crippen molar-refractivity contribution in [2.75, 3.05) is 0 Å². The van der Waals surface area contributed by atoms with Crippen LogP contribution in [-0.4, -0.2) is 26.0 Å². The Morgan fingerprint density at radius 3 is 2.82 bits per heavy atom. The first kappa shape index (κ1) is 13.4. The highest BCUT2D eigenvalue weighted by Crippen LogP contribution is 2.45. The van der Waals surface area contributed by atoms with Crippen molar-refractivity contribution >= 4 is 5.65 Å². The Morgan fingerprint density at radius 1 is 1.23 bits per heavy atom. The second-order valence-electron chi connectivity index (χ2n) is 5.66. The summed E-state index contributed by atoms with van der Waals surface area (Å²) < 4.78 is 34.1. The molecule has 0 amide bonds. The van der Waals surface area contributed by atoms with Crippen LogP contribution in [0.4, 0.5) is 8.78 Å². The molecule has 0 aliphatic heterocycles. The van der Waals surface area contributed by atoms with Gasteiger partial charge in [0, 0.05) is 6.20 Å². The van der Waals surface area contributed by atoms with Crippen LogP contribution in [0.3, 0.4) is 0 Å². The fourth-order valence-corrected chi connectivity index (χ4v) is 3.16. The lowest BCUT2D eigenvalue weighted by Gasteiger charge is -2.22. The minimum atomic E-state index is -2.49. The Morgan fingerprint density at radius 2 is 2.05 bits per heavy atom. The average Bonchev–Trinajstić information content (AvgIpc) is 3.25. The standard InChI is InChI=1S/C15H14F2N4O/c16-13(17)15(6-2-3-7-15)14-19-12(20-22-14)10-9-18-11-5-1-4-8-21(10)11/h1,4-5,8-9,13H,2-3,6-7H2. The molecule has 0 saturated heterocycles. The number of halogens is 2. The largest absolute Gasteiger partial charge is 0.338 e. The van der Waals surface area contributed by atoms with Crippen molar-refractivity contribution < 1.29 is 13.3 Å². The van der Waals surface area contributed by atoms with Gasteiger partial charge in [0.2, 0.25) is 11.7 Å². The van der Waals surface area contributed by atoms with Crippen molar-refractivity contribution in [3.05, 3.63) is 36.5 Å². The van der Waals surface area contributed by atoms with E-state index in [-0.39, 0.29) is 5.89 Å². The van der Waals surface area contributed by atoms with Crippen LogP contribution in [0.2, 0.25) is 0 Å². The molecule has 1 aliphatic rings. The maximum absolute atomic E-state index is 13.5. The van der Waals surface area contributed by atoms with Crippen LogP contribution < -0.4 is 0 Å². The Kier molecular flexibility index (Phi) is 2.95. The maximum atomic E-state index is 13.5. The summed E-state index contributed by atoms with van der Waals surface area (Å²) in [6.45, 7) is 0. The van der Waals surface area contributed by atoms with Crippen LogP contribution in [0.15, 0.2) is 35.1 Å². The summed E-state index contributed by atoms with van der Waals surface area (Å²) in [5, 5.41) is 3.90. The number of hydrogen-bond acceptors (Lipinski definition) is 4. The zero-order valence-electron chi connectivity index (χ0n) is 11.7. The van der Waals surface area contributed by atoms with Gasteiger partial charge < -0.3 is 4.52 Å². The zero-order chi connectivity index (χ0) is 15.2. The topological polar surface area (TPSA) is 56.2 Å². The first-order valence-corrected chi connectivity index (χ1v) is 7.25. The van der Waals surface area contributed by atoms with E-state index in [1.807, 2.05) is 24.4 Å². The van der Waals surface area contributed by atoms with E-state index in [0.717, 1.165) is 18.5 Å². The number of alkyl halides is 2. The lowest BCUT2D eigenvalue weighted by Crippen LogP contribution is -2.31. The Labute approximate surface area is 125 Å². The van der Waals surface area contributed by atoms with E-state index in [0.29, 0.717) is 24.4 Å². The van der Waals surface area contributed by atoms with Gasteiger partial charge in [-0.25, -0.2) is 13.8 Å². The van der Waals surface area contributed by atoms with Crippen LogP contribution >= 0.6 is 0 Å². The predicted molar refractivity (Wildman–Crippen MR) is 74.6 cm³/mol. The van der Waals surface area contributed by atoms with Crippen LogP contribution in [0.5, 0.6) is 0 Å².